The molecule has 0 saturated heterocycles. The molecule has 0 aliphatic heterocycles. The SMILES string of the molecule is Cl[Si](Cl)(Cc1ccccc1)c1ccccc1. The van der Waals surface area contributed by atoms with Crippen molar-refractivity contribution in [3.8, 4) is 0 Å². The Bertz CT molecular complexity index is 440. The molecule has 0 spiro atoms. The molecule has 0 aliphatic rings. The molecule has 0 atom stereocenters. The van der Waals surface area contributed by atoms with E-state index in [0.29, 0.717) is 0 Å². The Morgan fingerprint density at radius 1 is 0.750 bits per heavy atom. The average Bonchev–Trinajstić information content (AvgIpc) is 2.31. The van der Waals surface area contributed by atoms with Crippen molar-refractivity contribution in [3.05, 3.63) is 66.2 Å². The van der Waals surface area contributed by atoms with Gasteiger partial charge in [-0.3, -0.25) is 0 Å². The van der Waals surface area contributed by atoms with Crippen LogP contribution in [0.4, 0.5) is 0 Å². The number of hydrogen-bond acceptors (Lipinski definition) is 0. The molecule has 2 aromatic carbocycles. The van der Waals surface area contributed by atoms with Crippen LogP contribution in [0.5, 0.6) is 0 Å². The van der Waals surface area contributed by atoms with Gasteiger partial charge in [-0.15, -0.1) is 22.2 Å². The van der Waals surface area contributed by atoms with Crippen LogP contribution in [-0.2, 0) is 6.04 Å². The van der Waals surface area contributed by atoms with Gasteiger partial charge in [0.25, 0.3) is 6.69 Å². The third-order valence-electron chi connectivity index (χ3n) is 2.47. The highest BCUT2D eigenvalue weighted by Gasteiger charge is 2.30. The van der Waals surface area contributed by atoms with E-state index in [0.717, 1.165) is 11.2 Å². The molecule has 0 N–H and O–H groups in total. The predicted octanol–water partition coefficient (Wildman–Crippen LogP) is 3.60. The molecule has 0 nitrogen and oxygen atoms in total. The van der Waals surface area contributed by atoms with Gasteiger partial charge in [0, 0.05) is 0 Å². The number of hydrogen-bond donors (Lipinski definition) is 0. The zero-order valence-corrected chi connectivity index (χ0v) is 11.2. The van der Waals surface area contributed by atoms with Crippen molar-refractivity contribution in [3.63, 3.8) is 0 Å². The van der Waals surface area contributed by atoms with Gasteiger partial charge in [-0.2, -0.15) is 0 Å². The molecule has 2 rings (SSSR count). The lowest BCUT2D eigenvalue weighted by atomic mass is 10.2. The van der Waals surface area contributed by atoms with Gasteiger partial charge in [0.1, 0.15) is 0 Å². The van der Waals surface area contributed by atoms with E-state index in [9.17, 15) is 0 Å². The molecule has 0 saturated carbocycles. The molecule has 0 unspecified atom stereocenters. The van der Waals surface area contributed by atoms with Crippen LogP contribution >= 0.6 is 22.2 Å². The average molecular weight is 267 g/mol. The van der Waals surface area contributed by atoms with Crippen LogP contribution in [0.3, 0.4) is 0 Å². The number of benzene rings is 2. The second-order valence-electron chi connectivity index (χ2n) is 3.73. The third kappa shape index (κ3) is 2.88. The zero-order valence-electron chi connectivity index (χ0n) is 8.74. The smallest absolute Gasteiger partial charge is 0.139 e. The summed E-state index contributed by atoms with van der Waals surface area (Å²) in [6.45, 7) is -2.38. The lowest BCUT2D eigenvalue weighted by Gasteiger charge is -2.16. The topological polar surface area (TPSA) is 0 Å². The third-order valence-corrected chi connectivity index (χ3v) is 6.61. The fourth-order valence-electron chi connectivity index (χ4n) is 1.64. The van der Waals surface area contributed by atoms with Crippen LogP contribution in [0.2, 0.25) is 0 Å². The predicted molar refractivity (Wildman–Crippen MR) is 73.7 cm³/mol. The minimum absolute atomic E-state index is 0.751. The van der Waals surface area contributed by atoms with Gasteiger partial charge in [0.15, 0.2) is 0 Å². The standard InChI is InChI=1S/C13H12Cl2Si/c14-16(15,13-9-5-2-6-10-13)11-12-7-3-1-4-8-12/h1-10H,11H2. The minimum Gasteiger partial charge on any atom is -0.139 e. The van der Waals surface area contributed by atoms with Crippen molar-refractivity contribution in [1.29, 1.82) is 0 Å². The largest absolute Gasteiger partial charge is 0.285 e. The fraction of sp³-hybridized carbons (Fsp3) is 0.0769. The summed E-state index contributed by atoms with van der Waals surface area (Å²) in [5.74, 6) is 0. The lowest BCUT2D eigenvalue weighted by molar-refractivity contribution is 1.38. The second-order valence-corrected chi connectivity index (χ2v) is 10.5. The Labute approximate surface area is 106 Å². The van der Waals surface area contributed by atoms with Gasteiger partial charge in [0.05, 0.1) is 0 Å². The van der Waals surface area contributed by atoms with E-state index in [1.807, 2.05) is 48.5 Å². The zero-order chi connectivity index (χ0) is 11.4. The maximum atomic E-state index is 6.50. The first kappa shape index (κ1) is 11.7. The number of halogens is 2. The van der Waals surface area contributed by atoms with E-state index in [2.05, 4.69) is 12.1 Å². The number of rotatable bonds is 3. The van der Waals surface area contributed by atoms with Crippen LogP contribution in [-0.4, -0.2) is 6.69 Å². The van der Waals surface area contributed by atoms with Crippen molar-refractivity contribution >= 4 is 34.0 Å². The summed E-state index contributed by atoms with van der Waals surface area (Å²) in [7, 11) is 0. The van der Waals surface area contributed by atoms with E-state index in [1.165, 1.54) is 5.56 Å². The Kier molecular flexibility index (Phi) is 3.69. The Morgan fingerprint density at radius 2 is 1.25 bits per heavy atom. The van der Waals surface area contributed by atoms with Crippen LogP contribution < -0.4 is 5.19 Å². The van der Waals surface area contributed by atoms with E-state index in [-0.39, 0.29) is 0 Å². The quantitative estimate of drug-likeness (QED) is 0.589. The molecular weight excluding hydrogens is 255 g/mol. The van der Waals surface area contributed by atoms with Gasteiger partial charge < -0.3 is 0 Å². The highest BCUT2D eigenvalue weighted by Crippen LogP contribution is 2.20. The summed E-state index contributed by atoms with van der Waals surface area (Å²) in [5, 5.41) is 1.07. The van der Waals surface area contributed by atoms with E-state index in [1.54, 1.807) is 0 Å². The fourth-order valence-corrected chi connectivity index (χ4v) is 4.95. The molecule has 0 heterocycles. The normalized spacial score (nSPS) is 11.4. The molecule has 0 aromatic heterocycles. The van der Waals surface area contributed by atoms with Crippen LogP contribution in [0.25, 0.3) is 0 Å². The van der Waals surface area contributed by atoms with Crippen molar-refractivity contribution in [2.24, 2.45) is 0 Å². The van der Waals surface area contributed by atoms with Gasteiger partial charge in [-0.05, 0) is 16.8 Å². The molecule has 0 fully saturated rings. The molecule has 2 aromatic rings. The van der Waals surface area contributed by atoms with Gasteiger partial charge >= 0.3 is 0 Å². The first-order valence-corrected chi connectivity index (χ1v) is 9.39. The Balaban J connectivity index is 2.21. The van der Waals surface area contributed by atoms with E-state index >= 15 is 0 Å². The maximum Gasteiger partial charge on any atom is 0.285 e. The summed E-state index contributed by atoms with van der Waals surface area (Å²) >= 11 is 13.0. The molecule has 3 heteroatoms. The highest BCUT2D eigenvalue weighted by molar-refractivity contribution is 7.50. The molecule has 0 aliphatic carbocycles. The molecule has 0 radical (unpaired) electrons. The van der Waals surface area contributed by atoms with Crippen molar-refractivity contribution < 1.29 is 0 Å². The summed E-state index contributed by atoms with van der Waals surface area (Å²) in [6.07, 6.45) is 0. The summed E-state index contributed by atoms with van der Waals surface area (Å²) < 4.78 is 0. The van der Waals surface area contributed by atoms with Crippen molar-refractivity contribution in [2.45, 2.75) is 6.04 Å². The molecule has 82 valence electrons. The van der Waals surface area contributed by atoms with Gasteiger partial charge in [-0.25, -0.2) is 0 Å². The lowest BCUT2D eigenvalue weighted by Crippen LogP contribution is -2.39. The molecular formula is C13H12Cl2Si. The van der Waals surface area contributed by atoms with Crippen LogP contribution in [0.15, 0.2) is 60.7 Å². The van der Waals surface area contributed by atoms with Crippen molar-refractivity contribution in [1.82, 2.24) is 0 Å². The Hall–Kier alpha value is -0.763. The first-order chi connectivity index (χ1) is 7.68. The second kappa shape index (κ2) is 5.04. The van der Waals surface area contributed by atoms with E-state index < -0.39 is 6.69 Å². The molecule has 16 heavy (non-hydrogen) atoms. The first-order valence-electron chi connectivity index (χ1n) is 5.16. The Morgan fingerprint density at radius 3 is 1.81 bits per heavy atom. The van der Waals surface area contributed by atoms with Crippen molar-refractivity contribution in [2.75, 3.05) is 0 Å². The molecule has 0 bridgehead atoms. The van der Waals surface area contributed by atoms with Crippen LogP contribution in [0.1, 0.15) is 5.56 Å². The summed E-state index contributed by atoms with van der Waals surface area (Å²) in [4.78, 5) is 0. The van der Waals surface area contributed by atoms with E-state index in [4.69, 9.17) is 22.2 Å². The monoisotopic (exact) mass is 266 g/mol. The maximum absolute atomic E-state index is 6.50. The minimum atomic E-state index is -2.38. The van der Waals surface area contributed by atoms with Gasteiger partial charge in [-0.1, -0.05) is 60.7 Å². The summed E-state index contributed by atoms with van der Waals surface area (Å²) in [5.41, 5.74) is 1.20. The molecule has 0 amide bonds. The highest BCUT2D eigenvalue weighted by atomic mass is 35.7. The van der Waals surface area contributed by atoms with Gasteiger partial charge in [0.2, 0.25) is 0 Å². The van der Waals surface area contributed by atoms with Crippen LogP contribution in [0, 0.1) is 0 Å². The summed E-state index contributed by atoms with van der Waals surface area (Å²) in [6, 6.07) is 20.9.